The second-order valence-electron chi connectivity index (χ2n) is 7.16. The minimum absolute atomic E-state index is 0.0216. The summed E-state index contributed by atoms with van der Waals surface area (Å²) in [4.78, 5) is 28.8. The van der Waals surface area contributed by atoms with Gasteiger partial charge in [0.2, 0.25) is 5.91 Å². The molecule has 2 aromatic carbocycles. The SMILES string of the molecule is CN1CCN(C(=O)c2ccc(CNC(=O)CCc3ccccc3Br)cc2)CC1. The number of likely N-dealkylation sites (N-methyl/N-ethyl adjacent to an activating group) is 1. The van der Waals surface area contributed by atoms with Crippen LogP contribution in [-0.4, -0.2) is 54.8 Å². The molecule has 1 N–H and O–H groups in total. The normalized spacial score (nSPS) is 14.7. The van der Waals surface area contributed by atoms with E-state index in [0.717, 1.165) is 41.8 Å². The number of aryl methyl sites for hydroxylation is 1. The van der Waals surface area contributed by atoms with Crippen LogP contribution < -0.4 is 5.32 Å². The summed E-state index contributed by atoms with van der Waals surface area (Å²) in [5.41, 5.74) is 2.82. The van der Waals surface area contributed by atoms with Crippen LogP contribution in [0.2, 0.25) is 0 Å². The fourth-order valence-electron chi connectivity index (χ4n) is 3.20. The number of nitrogens with one attached hydrogen (secondary N) is 1. The van der Waals surface area contributed by atoms with Crippen molar-refractivity contribution in [3.05, 3.63) is 69.7 Å². The molecule has 0 unspecified atom stereocenters. The summed E-state index contributed by atoms with van der Waals surface area (Å²) in [7, 11) is 2.07. The highest BCUT2D eigenvalue weighted by molar-refractivity contribution is 9.10. The highest BCUT2D eigenvalue weighted by Crippen LogP contribution is 2.17. The van der Waals surface area contributed by atoms with Crippen LogP contribution in [0, 0.1) is 0 Å². The van der Waals surface area contributed by atoms with Gasteiger partial charge in [0.15, 0.2) is 0 Å². The van der Waals surface area contributed by atoms with E-state index < -0.39 is 0 Å². The summed E-state index contributed by atoms with van der Waals surface area (Å²) in [6, 6.07) is 15.5. The smallest absolute Gasteiger partial charge is 0.253 e. The number of carbonyl (C=O) groups is 2. The van der Waals surface area contributed by atoms with Crippen molar-refractivity contribution >= 4 is 27.7 Å². The van der Waals surface area contributed by atoms with Gasteiger partial charge >= 0.3 is 0 Å². The first-order valence-electron chi connectivity index (χ1n) is 9.60. The van der Waals surface area contributed by atoms with Crippen LogP contribution in [0.1, 0.15) is 27.9 Å². The molecule has 1 aliphatic rings. The first kappa shape index (κ1) is 20.6. The van der Waals surface area contributed by atoms with Crippen molar-refractivity contribution in [2.75, 3.05) is 33.2 Å². The summed E-state index contributed by atoms with van der Waals surface area (Å²) < 4.78 is 1.03. The molecule has 2 aromatic rings. The molecule has 6 heteroatoms. The molecule has 2 amide bonds. The van der Waals surface area contributed by atoms with Gasteiger partial charge in [-0.1, -0.05) is 46.3 Å². The Morgan fingerprint density at radius 3 is 2.36 bits per heavy atom. The number of piperazine rings is 1. The minimum Gasteiger partial charge on any atom is -0.352 e. The van der Waals surface area contributed by atoms with Gasteiger partial charge in [-0.05, 0) is 42.8 Å². The molecule has 0 aliphatic carbocycles. The van der Waals surface area contributed by atoms with Crippen molar-refractivity contribution in [3.8, 4) is 0 Å². The van der Waals surface area contributed by atoms with Crippen molar-refractivity contribution in [1.29, 1.82) is 0 Å². The number of hydrogen-bond acceptors (Lipinski definition) is 3. The summed E-state index contributed by atoms with van der Waals surface area (Å²) in [6.45, 7) is 3.83. The maximum Gasteiger partial charge on any atom is 0.253 e. The molecule has 0 radical (unpaired) electrons. The minimum atomic E-state index is 0.0216. The van der Waals surface area contributed by atoms with E-state index in [1.54, 1.807) is 0 Å². The van der Waals surface area contributed by atoms with Gasteiger partial charge in [0.25, 0.3) is 5.91 Å². The molecule has 148 valence electrons. The van der Waals surface area contributed by atoms with Gasteiger partial charge in [-0.25, -0.2) is 0 Å². The number of amides is 2. The Kier molecular flexibility index (Phi) is 7.23. The van der Waals surface area contributed by atoms with Crippen molar-refractivity contribution in [2.45, 2.75) is 19.4 Å². The second-order valence-corrected chi connectivity index (χ2v) is 8.01. The molecule has 1 saturated heterocycles. The highest BCUT2D eigenvalue weighted by atomic mass is 79.9. The van der Waals surface area contributed by atoms with E-state index >= 15 is 0 Å². The molecule has 1 heterocycles. The van der Waals surface area contributed by atoms with Crippen molar-refractivity contribution < 1.29 is 9.59 Å². The number of nitrogens with zero attached hydrogens (tertiary/aromatic N) is 2. The van der Waals surface area contributed by atoms with Gasteiger partial charge in [0, 0.05) is 49.2 Å². The van der Waals surface area contributed by atoms with Gasteiger partial charge < -0.3 is 15.1 Å². The Bertz CT molecular complexity index is 815. The van der Waals surface area contributed by atoms with Gasteiger partial charge in [0.1, 0.15) is 0 Å². The lowest BCUT2D eigenvalue weighted by molar-refractivity contribution is -0.121. The third kappa shape index (κ3) is 5.66. The van der Waals surface area contributed by atoms with Crippen LogP contribution in [0.25, 0.3) is 0 Å². The lowest BCUT2D eigenvalue weighted by atomic mass is 10.1. The van der Waals surface area contributed by atoms with E-state index in [1.807, 2.05) is 53.4 Å². The molecule has 0 saturated carbocycles. The summed E-state index contributed by atoms with van der Waals surface area (Å²) in [5, 5.41) is 2.95. The van der Waals surface area contributed by atoms with Gasteiger partial charge in [-0.15, -0.1) is 0 Å². The van der Waals surface area contributed by atoms with E-state index in [-0.39, 0.29) is 11.8 Å². The summed E-state index contributed by atoms with van der Waals surface area (Å²) in [5.74, 6) is 0.102. The molecule has 0 spiro atoms. The predicted octanol–water partition coefficient (Wildman–Crippen LogP) is 3.09. The fraction of sp³-hybridized carbons (Fsp3) is 0.364. The first-order chi connectivity index (χ1) is 13.5. The maximum absolute atomic E-state index is 12.6. The van der Waals surface area contributed by atoms with Gasteiger partial charge in [-0.2, -0.15) is 0 Å². The zero-order valence-corrected chi connectivity index (χ0v) is 17.7. The first-order valence-corrected chi connectivity index (χ1v) is 10.4. The Morgan fingerprint density at radius 2 is 1.68 bits per heavy atom. The van der Waals surface area contributed by atoms with E-state index in [4.69, 9.17) is 0 Å². The number of hydrogen-bond donors (Lipinski definition) is 1. The number of rotatable bonds is 6. The molecule has 28 heavy (non-hydrogen) atoms. The third-order valence-electron chi connectivity index (χ3n) is 5.06. The zero-order valence-electron chi connectivity index (χ0n) is 16.2. The Morgan fingerprint density at radius 1 is 1.00 bits per heavy atom. The van der Waals surface area contributed by atoms with Crippen LogP contribution >= 0.6 is 15.9 Å². The third-order valence-corrected chi connectivity index (χ3v) is 5.83. The van der Waals surface area contributed by atoms with Crippen LogP contribution in [-0.2, 0) is 17.8 Å². The second kappa shape index (κ2) is 9.85. The lowest BCUT2D eigenvalue weighted by Gasteiger charge is -2.32. The van der Waals surface area contributed by atoms with E-state index in [9.17, 15) is 9.59 Å². The van der Waals surface area contributed by atoms with Crippen molar-refractivity contribution in [2.24, 2.45) is 0 Å². The standard InChI is InChI=1S/C22H26BrN3O2/c1-25-12-14-26(15-13-25)22(28)19-8-6-17(7-9-19)16-24-21(27)11-10-18-4-2-3-5-20(18)23/h2-9H,10-16H2,1H3,(H,24,27). The van der Waals surface area contributed by atoms with Gasteiger partial charge in [0.05, 0.1) is 0 Å². The van der Waals surface area contributed by atoms with Crippen LogP contribution in [0.15, 0.2) is 53.0 Å². The largest absolute Gasteiger partial charge is 0.352 e. The monoisotopic (exact) mass is 443 g/mol. The molecule has 5 nitrogen and oxygen atoms in total. The maximum atomic E-state index is 12.6. The molecule has 0 atom stereocenters. The molecule has 0 bridgehead atoms. The molecule has 1 aliphatic heterocycles. The van der Waals surface area contributed by atoms with Crippen LogP contribution in [0.5, 0.6) is 0 Å². The van der Waals surface area contributed by atoms with E-state index in [2.05, 4.69) is 33.2 Å². The van der Waals surface area contributed by atoms with Crippen LogP contribution in [0.4, 0.5) is 0 Å². The molecule has 0 aromatic heterocycles. The van der Waals surface area contributed by atoms with E-state index in [1.165, 1.54) is 0 Å². The Balaban J connectivity index is 1.45. The molecule has 3 rings (SSSR count). The Labute approximate surface area is 174 Å². The molecular formula is C22H26BrN3O2. The average Bonchev–Trinajstić information content (AvgIpc) is 2.72. The number of halogens is 1. The number of benzene rings is 2. The lowest BCUT2D eigenvalue weighted by Crippen LogP contribution is -2.47. The Hall–Kier alpha value is -2.18. The van der Waals surface area contributed by atoms with Crippen LogP contribution in [0.3, 0.4) is 0 Å². The van der Waals surface area contributed by atoms with E-state index in [0.29, 0.717) is 24.9 Å². The van der Waals surface area contributed by atoms with Gasteiger partial charge in [-0.3, -0.25) is 9.59 Å². The van der Waals surface area contributed by atoms with Crippen molar-refractivity contribution in [1.82, 2.24) is 15.1 Å². The van der Waals surface area contributed by atoms with Crippen molar-refractivity contribution in [3.63, 3.8) is 0 Å². The topological polar surface area (TPSA) is 52.6 Å². The summed E-state index contributed by atoms with van der Waals surface area (Å²) in [6.07, 6.45) is 1.15. The number of carbonyl (C=O) groups excluding carboxylic acids is 2. The predicted molar refractivity (Wildman–Crippen MR) is 114 cm³/mol. The molecule has 1 fully saturated rings. The zero-order chi connectivity index (χ0) is 19.9. The highest BCUT2D eigenvalue weighted by Gasteiger charge is 2.20. The fourth-order valence-corrected chi connectivity index (χ4v) is 3.68. The summed E-state index contributed by atoms with van der Waals surface area (Å²) >= 11 is 3.51. The quantitative estimate of drug-likeness (QED) is 0.745. The molecular weight excluding hydrogens is 418 g/mol. The average molecular weight is 444 g/mol.